The number of amides is 1. The fraction of sp³-hybridized carbons (Fsp3) is 0.304. The van der Waals surface area contributed by atoms with Crippen molar-refractivity contribution < 1.29 is 18.4 Å². The molecule has 6 nitrogen and oxygen atoms in total. The number of aryl methyl sites for hydroxylation is 4. The first-order valence-corrected chi connectivity index (χ1v) is 9.61. The molecule has 0 atom stereocenters. The van der Waals surface area contributed by atoms with Gasteiger partial charge in [-0.05, 0) is 82.7 Å². The number of aromatic nitrogens is 1. The number of hydrogen-bond acceptors (Lipinski definition) is 5. The van der Waals surface area contributed by atoms with E-state index in [0.717, 1.165) is 16.7 Å². The Morgan fingerprint density at radius 3 is 2.33 bits per heavy atom. The minimum atomic E-state index is -0.412. The lowest BCUT2D eigenvalue weighted by Crippen LogP contribution is -2.27. The number of carbonyl (C=O) groups is 1. The molecule has 158 valence electrons. The predicted molar refractivity (Wildman–Crippen MR) is 115 cm³/mol. The van der Waals surface area contributed by atoms with Gasteiger partial charge >= 0.3 is 0 Å². The zero-order chi connectivity index (χ0) is 22.0. The lowest BCUT2D eigenvalue weighted by molar-refractivity contribution is -0.116. The topological polar surface area (TPSA) is 67.6 Å². The Morgan fingerprint density at radius 2 is 1.77 bits per heavy atom. The van der Waals surface area contributed by atoms with Crippen LogP contribution in [0, 0.1) is 33.5 Å². The standard InChI is InChI=1S/C23H26FN3O3/c1-13-7-19(25-21(28)12-27(5)6)8-14(2)23(13)29-20-10-17(9-18(24)11-20)22-15(3)26-30-16(22)4/h7-11H,12H2,1-6H3,(H,25,28). The molecule has 1 N–H and O–H groups in total. The summed E-state index contributed by atoms with van der Waals surface area (Å²) in [7, 11) is 3.67. The van der Waals surface area contributed by atoms with E-state index in [2.05, 4.69) is 10.5 Å². The summed E-state index contributed by atoms with van der Waals surface area (Å²) < 4.78 is 25.6. The molecule has 7 heteroatoms. The van der Waals surface area contributed by atoms with Gasteiger partial charge in [0.2, 0.25) is 5.91 Å². The van der Waals surface area contributed by atoms with Crippen molar-refractivity contribution in [3.8, 4) is 22.6 Å². The molecular formula is C23H26FN3O3. The maximum Gasteiger partial charge on any atom is 0.238 e. The van der Waals surface area contributed by atoms with E-state index in [1.807, 2.05) is 47.0 Å². The quantitative estimate of drug-likeness (QED) is 0.618. The smallest absolute Gasteiger partial charge is 0.238 e. The van der Waals surface area contributed by atoms with E-state index in [1.54, 1.807) is 17.9 Å². The van der Waals surface area contributed by atoms with Gasteiger partial charge in [-0.1, -0.05) is 5.16 Å². The summed E-state index contributed by atoms with van der Waals surface area (Å²) in [6, 6.07) is 8.21. The molecular weight excluding hydrogens is 385 g/mol. The van der Waals surface area contributed by atoms with E-state index < -0.39 is 5.82 Å². The van der Waals surface area contributed by atoms with Gasteiger partial charge in [0.25, 0.3) is 0 Å². The van der Waals surface area contributed by atoms with Crippen LogP contribution in [0.3, 0.4) is 0 Å². The largest absolute Gasteiger partial charge is 0.457 e. The van der Waals surface area contributed by atoms with Gasteiger partial charge in [-0.25, -0.2) is 4.39 Å². The SMILES string of the molecule is Cc1cc(NC(=O)CN(C)C)cc(C)c1Oc1cc(F)cc(-c2c(C)noc2C)c1. The molecule has 0 saturated carbocycles. The van der Waals surface area contributed by atoms with Crippen LogP contribution >= 0.6 is 0 Å². The van der Waals surface area contributed by atoms with E-state index in [9.17, 15) is 9.18 Å². The van der Waals surface area contributed by atoms with Crippen LogP contribution in [0.25, 0.3) is 11.1 Å². The van der Waals surface area contributed by atoms with Crippen LogP contribution in [-0.2, 0) is 4.79 Å². The van der Waals surface area contributed by atoms with Crippen LogP contribution < -0.4 is 10.1 Å². The molecule has 1 heterocycles. The second-order valence-electron chi connectivity index (χ2n) is 7.70. The second-order valence-corrected chi connectivity index (χ2v) is 7.70. The van der Waals surface area contributed by atoms with Gasteiger partial charge in [-0.3, -0.25) is 4.79 Å². The van der Waals surface area contributed by atoms with Crippen LogP contribution in [0.4, 0.5) is 10.1 Å². The Morgan fingerprint density at radius 1 is 1.10 bits per heavy atom. The third-order valence-corrected chi connectivity index (χ3v) is 4.62. The summed E-state index contributed by atoms with van der Waals surface area (Å²) in [6.45, 7) is 7.67. The fourth-order valence-corrected chi connectivity index (χ4v) is 3.45. The number of likely N-dealkylation sites (N-methyl/N-ethyl adjacent to an activating group) is 1. The number of hydrogen-bond donors (Lipinski definition) is 1. The highest BCUT2D eigenvalue weighted by molar-refractivity contribution is 5.92. The van der Waals surface area contributed by atoms with Crippen LogP contribution in [0.2, 0.25) is 0 Å². The molecule has 0 aliphatic rings. The molecule has 0 aliphatic heterocycles. The van der Waals surface area contributed by atoms with Gasteiger partial charge in [0, 0.05) is 17.3 Å². The van der Waals surface area contributed by atoms with Crippen LogP contribution in [0.1, 0.15) is 22.6 Å². The number of carbonyl (C=O) groups excluding carboxylic acids is 1. The first kappa shape index (κ1) is 21.5. The van der Waals surface area contributed by atoms with Gasteiger partial charge in [0.1, 0.15) is 23.1 Å². The number of rotatable bonds is 6. The maximum atomic E-state index is 14.3. The molecule has 0 bridgehead atoms. The normalized spacial score (nSPS) is 11.1. The molecule has 3 rings (SSSR count). The van der Waals surface area contributed by atoms with Crippen molar-refractivity contribution in [2.45, 2.75) is 27.7 Å². The van der Waals surface area contributed by atoms with Crippen molar-refractivity contribution in [2.75, 3.05) is 26.0 Å². The van der Waals surface area contributed by atoms with E-state index in [4.69, 9.17) is 9.26 Å². The zero-order valence-corrected chi connectivity index (χ0v) is 18.1. The lowest BCUT2D eigenvalue weighted by atomic mass is 10.0. The summed E-state index contributed by atoms with van der Waals surface area (Å²) in [5.41, 5.74) is 4.45. The molecule has 0 spiro atoms. The van der Waals surface area contributed by atoms with Gasteiger partial charge in [0.05, 0.1) is 12.2 Å². The van der Waals surface area contributed by atoms with Crippen LogP contribution in [0.15, 0.2) is 34.9 Å². The van der Waals surface area contributed by atoms with E-state index in [0.29, 0.717) is 40.7 Å². The molecule has 0 radical (unpaired) electrons. The van der Waals surface area contributed by atoms with Crippen LogP contribution in [0.5, 0.6) is 11.5 Å². The molecule has 2 aromatic carbocycles. The maximum absolute atomic E-state index is 14.3. The van der Waals surface area contributed by atoms with Crippen molar-refractivity contribution in [2.24, 2.45) is 0 Å². The van der Waals surface area contributed by atoms with Crippen molar-refractivity contribution >= 4 is 11.6 Å². The van der Waals surface area contributed by atoms with Crippen molar-refractivity contribution in [3.05, 3.63) is 58.7 Å². The predicted octanol–water partition coefficient (Wildman–Crippen LogP) is 5.01. The van der Waals surface area contributed by atoms with Crippen LogP contribution in [-0.4, -0.2) is 36.6 Å². The molecule has 0 unspecified atom stereocenters. The van der Waals surface area contributed by atoms with Gasteiger partial charge < -0.3 is 19.5 Å². The fourth-order valence-electron chi connectivity index (χ4n) is 3.45. The van der Waals surface area contributed by atoms with Gasteiger partial charge in [-0.15, -0.1) is 0 Å². The Balaban J connectivity index is 1.89. The Hall–Kier alpha value is -3.19. The summed E-state index contributed by atoms with van der Waals surface area (Å²) in [4.78, 5) is 13.8. The molecule has 0 fully saturated rings. The van der Waals surface area contributed by atoms with Crippen molar-refractivity contribution in [3.63, 3.8) is 0 Å². The molecule has 0 aliphatic carbocycles. The van der Waals surface area contributed by atoms with Gasteiger partial charge in [-0.2, -0.15) is 0 Å². The zero-order valence-electron chi connectivity index (χ0n) is 18.1. The van der Waals surface area contributed by atoms with E-state index in [-0.39, 0.29) is 5.91 Å². The lowest BCUT2D eigenvalue weighted by Gasteiger charge is -2.16. The average Bonchev–Trinajstić information content (AvgIpc) is 2.95. The number of benzene rings is 2. The second kappa shape index (κ2) is 8.67. The molecule has 1 aromatic heterocycles. The number of halogens is 1. The minimum absolute atomic E-state index is 0.0956. The Bertz CT molecular complexity index is 1050. The molecule has 1 amide bonds. The number of ether oxygens (including phenoxy) is 1. The summed E-state index contributed by atoms with van der Waals surface area (Å²) >= 11 is 0. The Labute approximate surface area is 175 Å². The van der Waals surface area contributed by atoms with E-state index in [1.165, 1.54) is 12.1 Å². The Kier molecular flexibility index (Phi) is 6.22. The molecule has 30 heavy (non-hydrogen) atoms. The number of nitrogens with one attached hydrogen (secondary N) is 1. The number of nitrogens with zero attached hydrogens (tertiary/aromatic N) is 2. The van der Waals surface area contributed by atoms with Crippen molar-refractivity contribution in [1.29, 1.82) is 0 Å². The first-order chi connectivity index (χ1) is 14.1. The monoisotopic (exact) mass is 411 g/mol. The summed E-state index contributed by atoms with van der Waals surface area (Å²) in [5.74, 6) is 1.11. The highest BCUT2D eigenvalue weighted by atomic mass is 19.1. The molecule has 0 saturated heterocycles. The first-order valence-electron chi connectivity index (χ1n) is 9.61. The highest BCUT2D eigenvalue weighted by Gasteiger charge is 2.16. The van der Waals surface area contributed by atoms with E-state index >= 15 is 0 Å². The highest BCUT2D eigenvalue weighted by Crippen LogP contribution is 2.35. The van der Waals surface area contributed by atoms with Gasteiger partial charge in [0.15, 0.2) is 0 Å². The average molecular weight is 411 g/mol. The molecule has 3 aromatic rings. The third-order valence-electron chi connectivity index (χ3n) is 4.62. The third kappa shape index (κ3) is 4.86. The summed E-state index contributed by atoms with van der Waals surface area (Å²) in [5, 5.41) is 6.82. The minimum Gasteiger partial charge on any atom is -0.457 e. The van der Waals surface area contributed by atoms with Crippen molar-refractivity contribution in [1.82, 2.24) is 10.1 Å². The number of anilines is 1. The summed E-state index contributed by atoms with van der Waals surface area (Å²) in [6.07, 6.45) is 0.